The Morgan fingerprint density at radius 2 is 1.77 bits per heavy atom. The van der Waals surface area contributed by atoms with E-state index in [2.05, 4.69) is 25.9 Å². The van der Waals surface area contributed by atoms with Gasteiger partial charge in [-0.3, -0.25) is 0 Å². The largest absolute Gasteiger partial charge is 0.484 e. The van der Waals surface area contributed by atoms with Crippen LogP contribution in [-0.2, 0) is 6.54 Å². The highest BCUT2D eigenvalue weighted by Gasteiger charge is 2.28. The summed E-state index contributed by atoms with van der Waals surface area (Å²) in [5, 5.41) is 9.73. The molecule has 6 nitrogen and oxygen atoms in total. The topological polar surface area (TPSA) is 70.6 Å². The number of hydrogen-bond donors (Lipinski definition) is 3. The third kappa shape index (κ3) is 12.3. The van der Waals surface area contributed by atoms with Crippen LogP contribution in [0.3, 0.4) is 0 Å². The Hall–Kier alpha value is -2.24. The number of hydrogen-bond acceptors (Lipinski definition) is 4. The molecular formula is C21H29F3IN5O. The van der Waals surface area contributed by atoms with Crippen LogP contribution in [0.25, 0.3) is 0 Å². The predicted molar refractivity (Wildman–Crippen MR) is 128 cm³/mol. The molecule has 0 unspecified atom stereocenters. The molecule has 2 aromatic rings. The number of aliphatic imine (C=N–C) groups is 1. The number of anilines is 1. The van der Waals surface area contributed by atoms with Gasteiger partial charge in [-0.2, -0.15) is 13.2 Å². The molecule has 0 spiro atoms. The first-order chi connectivity index (χ1) is 14.5. The Morgan fingerprint density at radius 1 is 1.03 bits per heavy atom. The number of benzene rings is 1. The van der Waals surface area contributed by atoms with Crippen LogP contribution >= 0.6 is 24.0 Å². The van der Waals surface area contributed by atoms with Crippen LogP contribution in [0.4, 0.5) is 19.0 Å². The van der Waals surface area contributed by atoms with Gasteiger partial charge in [-0.25, -0.2) is 9.98 Å². The first-order valence-corrected chi connectivity index (χ1v) is 9.92. The smallest absolute Gasteiger partial charge is 0.422 e. The van der Waals surface area contributed by atoms with Crippen LogP contribution < -0.4 is 20.7 Å². The summed E-state index contributed by atoms with van der Waals surface area (Å²) in [6.07, 6.45) is -0.631. The highest BCUT2D eigenvalue weighted by Crippen LogP contribution is 2.19. The van der Waals surface area contributed by atoms with Crippen LogP contribution in [0.15, 0.2) is 53.7 Å². The molecule has 0 aliphatic carbocycles. The molecule has 172 valence electrons. The second kappa shape index (κ2) is 14.7. The summed E-state index contributed by atoms with van der Waals surface area (Å²) in [7, 11) is 0. The Balaban J connectivity index is 0.00000480. The van der Waals surface area contributed by atoms with Crippen molar-refractivity contribution in [1.29, 1.82) is 0 Å². The van der Waals surface area contributed by atoms with Gasteiger partial charge in [-0.1, -0.05) is 18.2 Å². The third-order valence-electron chi connectivity index (χ3n) is 3.96. The van der Waals surface area contributed by atoms with Crippen molar-refractivity contribution < 1.29 is 17.9 Å². The molecule has 31 heavy (non-hydrogen) atoms. The number of aromatic nitrogens is 1. The third-order valence-corrected chi connectivity index (χ3v) is 3.96. The number of pyridine rings is 1. The van der Waals surface area contributed by atoms with Crippen molar-refractivity contribution in [2.45, 2.75) is 32.5 Å². The van der Waals surface area contributed by atoms with Crippen molar-refractivity contribution in [3.63, 3.8) is 0 Å². The average Bonchev–Trinajstić information content (AvgIpc) is 2.74. The zero-order chi connectivity index (χ0) is 21.7. The van der Waals surface area contributed by atoms with Gasteiger partial charge in [0.2, 0.25) is 0 Å². The van der Waals surface area contributed by atoms with Crippen LogP contribution in [0.2, 0.25) is 0 Å². The Morgan fingerprint density at radius 3 is 2.42 bits per heavy atom. The van der Waals surface area contributed by atoms with E-state index >= 15 is 0 Å². The normalized spacial score (nSPS) is 11.4. The summed E-state index contributed by atoms with van der Waals surface area (Å²) in [6, 6.07) is 12.2. The number of ether oxygens (including phenoxy) is 1. The molecule has 1 aromatic carbocycles. The maximum atomic E-state index is 12.2. The van der Waals surface area contributed by atoms with Crippen LogP contribution in [0.5, 0.6) is 5.75 Å². The van der Waals surface area contributed by atoms with E-state index in [-0.39, 0.29) is 29.7 Å². The molecule has 3 N–H and O–H groups in total. The summed E-state index contributed by atoms with van der Waals surface area (Å²) >= 11 is 0. The molecule has 0 aliphatic rings. The fourth-order valence-electron chi connectivity index (χ4n) is 2.51. The fraction of sp³-hybridized carbons (Fsp3) is 0.429. The highest BCUT2D eigenvalue weighted by molar-refractivity contribution is 14.0. The van der Waals surface area contributed by atoms with Crippen molar-refractivity contribution in [3.8, 4) is 5.75 Å². The SMILES string of the molecule is CCNC(=NCc1ccc(OCC(F)(F)F)cc1)NCCCCNc1ccccn1.I. The molecule has 10 heteroatoms. The Bertz CT molecular complexity index is 758. The molecule has 2 rings (SSSR count). The second-order valence-electron chi connectivity index (χ2n) is 6.52. The van der Waals surface area contributed by atoms with Gasteiger partial charge in [0.1, 0.15) is 11.6 Å². The average molecular weight is 551 g/mol. The number of nitrogens with one attached hydrogen (secondary N) is 3. The first-order valence-electron chi connectivity index (χ1n) is 9.92. The molecular weight excluding hydrogens is 522 g/mol. The highest BCUT2D eigenvalue weighted by atomic mass is 127. The molecule has 0 bridgehead atoms. The van der Waals surface area contributed by atoms with E-state index in [9.17, 15) is 13.2 Å². The number of halogens is 4. The predicted octanol–water partition coefficient (Wildman–Crippen LogP) is 4.59. The molecule has 1 aromatic heterocycles. The van der Waals surface area contributed by atoms with Crippen molar-refractivity contribution in [3.05, 3.63) is 54.2 Å². The minimum atomic E-state index is -4.34. The van der Waals surface area contributed by atoms with Gasteiger partial charge in [0.05, 0.1) is 6.54 Å². The van der Waals surface area contributed by atoms with Gasteiger partial charge in [-0.05, 0) is 49.6 Å². The van der Waals surface area contributed by atoms with Crippen molar-refractivity contribution >= 4 is 35.8 Å². The van der Waals surface area contributed by atoms with Gasteiger partial charge in [-0.15, -0.1) is 24.0 Å². The maximum Gasteiger partial charge on any atom is 0.422 e. The monoisotopic (exact) mass is 551 g/mol. The van der Waals surface area contributed by atoms with Crippen LogP contribution in [0.1, 0.15) is 25.3 Å². The first kappa shape index (κ1) is 26.8. The molecule has 0 aliphatic heterocycles. The van der Waals surface area contributed by atoms with Crippen LogP contribution in [-0.4, -0.2) is 43.4 Å². The Labute approximate surface area is 198 Å². The van der Waals surface area contributed by atoms with E-state index in [0.29, 0.717) is 12.5 Å². The van der Waals surface area contributed by atoms with Gasteiger partial charge in [0.15, 0.2) is 12.6 Å². The number of unbranched alkanes of at least 4 members (excludes halogenated alkanes) is 1. The van der Waals surface area contributed by atoms with Crippen molar-refractivity contribution in [2.75, 3.05) is 31.6 Å². The van der Waals surface area contributed by atoms with Crippen LogP contribution in [0, 0.1) is 0 Å². The van der Waals surface area contributed by atoms with Gasteiger partial charge < -0.3 is 20.7 Å². The molecule has 1 heterocycles. The summed E-state index contributed by atoms with van der Waals surface area (Å²) in [4.78, 5) is 8.73. The number of rotatable bonds is 11. The number of alkyl halides is 3. The standard InChI is InChI=1S/C21H28F3N5O.HI/c1-2-25-20(28-14-6-5-13-27-19-7-3-4-12-26-19)29-15-17-8-10-18(11-9-17)30-16-21(22,23)24;/h3-4,7-12H,2,5-6,13-16H2,1H3,(H,26,27)(H2,25,28,29);1H. The van der Waals surface area contributed by atoms with E-state index in [4.69, 9.17) is 4.74 Å². The maximum absolute atomic E-state index is 12.2. The van der Waals surface area contributed by atoms with Crippen molar-refractivity contribution in [1.82, 2.24) is 15.6 Å². The number of guanidine groups is 1. The molecule has 0 fully saturated rings. The number of nitrogens with zero attached hydrogens (tertiary/aromatic N) is 2. The molecule has 0 saturated carbocycles. The van der Waals surface area contributed by atoms with Crippen molar-refractivity contribution in [2.24, 2.45) is 4.99 Å². The molecule has 0 saturated heterocycles. The zero-order valence-corrected chi connectivity index (χ0v) is 19.7. The van der Waals surface area contributed by atoms with E-state index in [1.807, 2.05) is 25.1 Å². The van der Waals surface area contributed by atoms with E-state index < -0.39 is 12.8 Å². The lowest BCUT2D eigenvalue weighted by Gasteiger charge is -2.12. The molecule has 0 radical (unpaired) electrons. The Kier molecular flexibility index (Phi) is 12.7. The van der Waals surface area contributed by atoms with E-state index in [1.54, 1.807) is 18.3 Å². The minimum absolute atomic E-state index is 0. The second-order valence-corrected chi connectivity index (χ2v) is 6.52. The summed E-state index contributed by atoms with van der Waals surface area (Å²) < 4.78 is 41.3. The summed E-state index contributed by atoms with van der Waals surface area (Å²) in [5.74, 6) is 1.76. The summed E-state index contributed by atoms with van der Waals surface area (Å²) in [6.45, 7) is 3.46. The fourth-order valence-corrected chi connectivity index (χ4v) is 2.51. The lowest BCUT2D eigenvalue weighted by Crippen LogP contribution is -2.37. The van der Waals surface area contributed by atoms with Gasteiger partial charge >= 0.3 is 6.18 Å². The minimum Gasteiger partial charge on any atom is -0.484 e. The lowest BCUT2D eigenvalue weighted by atomic mass is 10.2. The summed E-state index contributed by atoms with van der Waals surface area (Å²) in [5.41, 5.74) is 0.881. The van der Waals surface area contributed by atoms with E-state index in [1.165, 1.54) is 12.1 Å². The van der Waals surface area contributed by atoms with Gasteiger partial charge in [0, 0.05) is 25.8 Å². The van der Waals surface area contributed by atoms with Gasteiger partial charge in [0.25, 0.3) is 0 Å². The quantitative estimate of drug-likeness (QED) is 0.165. The van der Waals surface area contributed by atoms with E-state index in [0.717, 1.165) is 43.9 Å². The zero-order valence-electron chi connectivity index (χ0n) is 17.4. The molecule has 0 amide bonds. The molecule has 0 atom stereocenters. The lowest BCUT2D eigenvalue weighted by molar-refractivity contribution is -0.153.